The van der Waals surface area contributed by atoms with E-state index in [2.05, 4.69) is 4.99 Å². The molecule has 8 heteroatoms. The third kappa shape index (κ3) is 3.96. The molecule has 0 atom stereocenters. The normalized spacial score (nSPS) is 14.6. The first-order valence-electron chi connectivity index (χ1n) is 8.44. The van der Waals surface area contributed by atoms with E-state index in [1.165, 1.54) is 12.1 Å². The van der Waals surface area contributed by atoms with Gasteiger partial charge in [-0.15, -0.1) is 0 Å². The number of hydrogen-bond acceptors (Lipinski definition) is 7. The Balaban J connectivity index is 1.87. The Bertz CT molecular complexity index is 1020. The van der Waals surface area contributed by atoms with Crippen LogP contribution < -0.4 is 0 Å². The first-order valence-corrected chi connectivity index (χ1v) is 8.44. The Morgan fingerprint density at radius 2 is 1.96 bits per heavy atom. The minimum absolute atomic E-state index is 0.00231. The molecule has 0 bridgehead atoms. The molecule has 3 rings (SSSR count). The first-order chi connectivity index (χ1) is 13.4. The van der Waals surface area contributed by atoms with E-state index in [0.29, 0.717) is 22.3 Å². The van der Waals surface area contributed by atoms with Gasteiger partial charge in [0.15, 0.2) is 5.70 Å². The highest BCUT2D eigenvalue weighted by atomic mass is 16.6. The van der Waals surface area contributed by atoms with Crippen LogP contribution in [0.2, 0.25) is 0 Å². The maximum atomic E-state index is 12.1. The maximum Gasteiger partial charge on any atom is 0.363 e. The molecule has 0 unspecified atom stereocenters. The van der Waals surface area contributed by atoms with Crippen molar-refractivity contribution in [2.45, 2.75) is 13.8 Å². The van der Waals surface area contributed by atoms with Gasteiger partial charge < -0.3 is 9.47 Å². The summed E-state index contributed by atoms with van der Waals surface area (Å²) < 4.78 is 10.1. The molecule has 0 amide bonds. The lowest BCUT2D eigenvalue weighted by Crippen LogP contribution is -2.06. The Hall–Kier alpha value is -3.81. The molecule has 28 heavy (non-hydrogen) atoms. The number of carbonyl (C=O) groups is 2. The monoisotopic (exact) mass is 380 g/mol. The van der Waals surface area contributed by atoms with E-state index in [0.717, 1.165) is 0 Å². The summed E-state index contributed by atoms with van der Waals surface area (Å²) in [6.45, 7) is 3.63. The Kier molecular flexibility index (Phi) is 5.30. The molecule has 0 aromatic heterocycles. The van der Waals surface area contributed by atoms with Crippen molar-refractivity contribution < 1.29 is 24.0 Å². The van der Waals surface area contributed by atoms with E-state index < -0.39 is 16.9 Å². The largest absolute Gasteiger partial charge is 0.462 e. The van der Waals surface area contributed by atoms with Crippen molar-refractivity contribution in [3.8, 4) is 0 Å². The average Bonchev–Trinajstić information content (AvgIpc) is 3.03. The van der Waals surface area contributed by atoms with Crippen LogP contribution in [-0.2, 0) is 14.3 Å². The van der Waals surface area contributed by atoms with Gasteiger partial charge in [0.1, 0.15) is 0 Å². The third-order valence-corrected chi connectivity index (χ3v) is 4.00. The number of hydrogen-bond donors (Lipinski definition) is 0. The zero-order chi connectivity index (χ0) is 20.3. The number of benzene rings is 2. The Morgan fingerprint density at radius 1 is 1.25 bits per heavy atom. The molecule has 1 aliphatic heterocycles. The van der Waals surface area contributed by atoms with Gasteiger partial charge in [0.05, 0.1) is 17.1 Å². The van der Waals surface area contributed by atoms with E-state index in [4.69, 9.17) is 9.47 Å². The number of carbonyl (C=O) groups excluding carboxylic acids is 2. The lowest BCUT2D eigenvalue weighted by Gasteiger charge is -2.01. The number of nitro groups is 1. The van der Waals surface area contributed by atoms with Crippen molar-refractivity contribution in [1.29, 1.82) is 0 Å². The minimum Gasteiger partial charge on any atom is -0.462 e. The van der Waals surface area contributed by atoms with E-state index in [-0.39, 0.29) is 23.9 Å². The van der Waals surface area contributed by atoms with Crippen LogP contribution in [0.3, 0.4) is 0 Å². The molecule has 0 radical (unpaired) electrons. The minimum atomic E-state index is -0.660. The van der Waals surface area contributed by atoms with Crippen LogP contribution in [0.25, 0.3) is 6.08 Å². The van der Waals surface area contributed by atoms with Gasteiger partial charge in [-0.3, -0.25) is 10.1 Å². The lowest BCUT2D eigenvalue weighted by atomic mass is 10.1. The maximum absolute atomic E-state index is 12.1. The highest BCUT2D eigenvalue weighted by Gasteiger charge is 2.25. The van der Waals surface area contributed by atoms with Gasteiger partial charge in [-0.25, -0.2) is 14.6 Å². The van der Waals surface area contributed by atoms with Crippen molar-refractivity contribution in [3.63, 3.8) is 0 Å². The molecule has 142 valence electrons. The van der Waals surface area contributed by atoms with Crippen molar-refractivity contribution >= 4 is 29.6 Å². The molecular weight excluding hydrogens is 364 g/mol. The molecule has 0 aliphatic carbocycles. The third-order valence-electron chi connectivity index (χ3n) is 4.00. The standard InChI is InChI=1S/C20H16N2O6/c1-3-27-19(23)14-8-5-13(6-9-14)10-16-20(24)28-18(21-16)15-7-4-12(2)17(11-15)22(25)26/h4-11H,3H2,1-2H3/b16-10-. The second kappa shape index (κ2) is 7.83. The first kappa shape index (κ1) is 19.0. The number of nitro benzene ring substituents is 1. The predicted octanol–water partition coefficient (Wildman–Crippen LogP) is 3.42. The van der Waals surface area contributed by atoms with Crippen LogP contribution in [0.1, 0.15) is 34.0 Å². The fourth-order valence-electron chi connectivity index (χ4n) is 2.56. The van der Waals surface area contributed by atoms with E-state index in [9.17, 15) is 19.7 Å². The predicted molar refractivity (Wildman–Crippen MR) is 101 cm³/mol. The molecule has 0 saturated carbocycles. The van der Waals surface area contributed by atoms with Gasteiger partial charge in [-0.1, -0.05) is 18.2 Å². The number of rotatable bonds is 5. The summed E-state index contributed by atoms with van der Waals surface area (Å²) in [5.74, 6) is -1.08. The number of aliphatic imine (C=N–C) groups is 1. The summed E-state index contributed by atoms with van der Waals surface area (Å²) in [4.78, 5) is 38.5. The van der Waals surface area contributed by atoms with Gasteiger partial charge in [0.25, 0.3) is 5.69 Å². The molecule has 0 fully saturated rings. The topological polar surface area (TPSA) is 108 Å². The quantitative estimate of drug-likeness (QED) is 0.340. The molecule has 1 aliphatic rings. The van der Waals surface area contributed by atoms with Gasteiger partial charge in [0.2, 0.25) is 5.90 Å². The van der Waals surface area contributed by atoms with Gasteiger partial charge in [0, 0.05) is 17.2 Å². The second-order valence-electron chi connectivity index (χ2n) is 5.94. The smallest absolute Gasteiger partial charge is 0.363 e. The van der Waals surface area contributed by atoms with Crippen LogP contribution in [0, 0.1) is 17.0 Å². The summed E-state index contributed by atoms with van der Waals surface area (Å²) >= 11 is 0. The molecule has 8 nitrogen and oxygen atoms in total. The van der Waals surface area contributed by atoms with Crippen molar-refractivity contribution in [2.75, 3.05) is 6.61 Å². The van der Waals surface area contributed by atoms with Gasteiger partial charge >= 0.3 is 11.9 Å². The van der Waals surface area contributed by atoms with Crippen molar-refractivity contribution in [1.82, 2.24) is 0 Å². The van der Waals surface area contributed by atoms with E-state index in [1.54, 1.807) is 50.2 Å². The number of esters is 2. The fraction of sp³-hybridized carbons (Fsp3) is 0.150. The molecule has 0 saturated heterocycles. The summed E-state index contributed by atoms with van der Waals surface area (Å²) in [5, 5.41) is 11.1. The number of cyclic esters (lactones) is 1. The van der Waals surface area contributed by atoms with E-state index >= 15 is 0 Å². The molecule has 0 N–H and O–H groups in total. The lowest BCUT2D eigenvalue weighted by molar-refractivity contribution is -0.385. The van der Waals surface area contributed by atoms with Gasteiger partial charge in [-0.05, 0) is 43.7 Å². The van der Waals surface area contributed by atoms with Crippen LogP contribution in [0.15, 0.2) is 53.2 Å². The van der Waals surface area contributed by atoms with Crippen LogP contribution >= 0.6 is 0 Å². The zero-order valence-corrected chi connectivity index (χ0v) is 15.2. The molecular formula is C20H16N2O6. The zero-order valence-electron chi connectivity index (χ0n) is 15.2. The fourth-order valence-corrected chi connectivity index (χ4v) is 2.56. The molecule has 1 heterocycles. The number of aryl methyl sites for hydroxylation is 1. The van der Waals surface area contributed by atoms with Crippen molar-refractivity contribution in [3.05, 3.63) is 80.5 Å². The number of ether oxygens (including phenoxy) is 2. The Labute approximate surface area is 160 Å². The van der Waals surface area contributed by atoms with E-state index in [1.807, 2.05) is 0 Å². The average molecular weight is 380 g/mol. The van der Waals surface area contributed by atoms with Crippen LogP contribution in [-0.4, -0.2) is 29.4 Å². The Morgan fingerprint density at radius 3 is 2.61 bits per heavy atom. The van der Waals surface area contributed by atoms with Crippen molar-refractivity contribution in [2.24, 2.45) is 4.99 Å². The van der Waals surface area contributed by atoms with Gasteiger partial charge in [-0.2, -0.15) is 0 Å². The summed E-state index contributed by atoms with van der Waals surface area (Å²) in [7, 11) is 0. The summed E-state index contributed by atoms with van der Waals surface area (Å²) in [5.41, 5.74) is 1.85. The molecule has 2 aromatic rings. The molecule has 2 aromatic carbocycles. The van der Waals surface area contributed by atoms with Crippen LogP contribution in [0.5, 0.6) is 0 Å². The molecule has 0 spiro atoms. The highest BCUT2D eigenvalue weighted by molar-refractivity contribution is 6.13. The number of nitrogens with zero attached hydrogens (tertiary/aromatic N) is 2. The second-order valence-corrected chi connectivity index (χ2v) is 5.94. The summed E-state index contributed by atoms with van der Waals surface area (Å²) in [6.07, 6.45) is 1.51. The SMILES string of the molecule is CCOC(=O)c1ccc(/C=C2\N=C(c3ccc(C)c([N+](=O)[O-])c3)OC2=O)cc1. The highest BCUT2D eigenvalue weighted by Crippen LogP contribution is 2.24. The van der Waals surface area contributed by atoms with Crippen LogP contribution in [0.4, 0.5) is 5.69 Å². The summed E-state index contributed by atoms with van der Waals surface area (Å²) in [6, 6.07) is 11.0.